The van der Waals surface area contributed by atoms with Crippen LogP contribution in [0.15, 0.2) is 41.3 Å². The van der Waals surface area contributed by atoms with Gasteiger partial charge in [-0.1, -0.05) is 6.07 Å². The Bertz CT molecular complexity index is 696. The fraction of sp³-hybridized carbons (Fsp3) is 0.353. The number of amides is 1. The normalized spacial score (nSPS) is 10.7. The van der Waals surface area contributed by atoms with E-state index in [2.05, 4.69) is 15.3 Å². The van der Waals surface area contributed by atoms with Crippen molar-refractivity contribution in [2.75, 3.05) is 13.2 Å². The molecule has 0 bridgehead atoms. The van der Waals surface area contributed by atoms with Gasteiger partial charge in [-0.05, 0) is 44.5 Å². The minimum Gasteiger partial charge on any atom is -0.379 e. The van der Waals surface area contributed by atoms with Crippen LogP contribution >= 0.6 is 0 Å². The van der Waals surface area contributed by atoms with E-state index in [1.165, 1.54) is 6.07 Å². The van der Waals surface area contributed by atoms with E-state index in [1.54, 1.807) is 24.4 Å². The number of ether oxygens (including phenoxy) is 1. The van der Waals surface area contributed by atoms with Gasteiger partial charge in [0.2, 0.25) is 0 Å². The second-order valence-corrected chi connectivity index (χ2v) is 5.36. The standard InChI is InChI=1S/C17H21N3O3/c1-12(2)23-11-5-10-19-16(21)13-7-8-15(20-17(13)22)14-6-3-4-9-18-14/h3-4,6-9,12H,5,10-11H2,1-2H3,(H,19,21)(H,20,22). The molecule has 2 aromatic heterocycles. The maximum atomic E-state index is 12.1. The van der Waals surface area contributed by atoms with Crippen molar-refractivity contribution in [3.8, 4) is 11.4 Å². The Morgan fingerprint density at radius 2 is 2.13 bits per heavy atom. The molecule has 0 aliphatic heterocycles. The molecular formula is C17H21N3O3. The van der Waals surface area contributed by atoms with Gasteiger partial charge in [-0.2, -0.15) is 0 Å². The van der Waals surface area contributed by atoms with Crippen LogP contribution in [0.1, 0.15) is 30.6 Å². The number of aromatic nitrogens is 2. The molecule has 0 radical (unpaired) electrons. The molecule has 1 amide bonds. The van der Waals surface area contributed by atoms with Crippen LogP contribution in [-0.4, -0.2) is 35.1 Å². The van der Waals surface area contributed by atoms with Crippen molar-refractivity contribution >= 4 is 5.91 Å². The number of H-pyrrole nitrogens is 1. The van der Waals surface area contributed by atoms with Crippen molar-refractivity contribution in [2.45, 2.75) is 26.4 Å². The molecule has 0 atom stereocenters. The van der Waals surface area contributed by atoms with Gasteiger partial charge < -0.3 is 15.0 Å². The molecule has 122 valence electrons. The SMILES string of the molecule is CC(C)OCCCNC(=O)c1ccc(-c2ccccn2)[nH]c1=O. The average Bonchev–Trinajstić information content (AvgIpc) is 2.54. The molecule has 0 aromatic carbocycles. The van der Waals surface area contributed by atoms with Crippen LogP contribution in [-0.2, 0) is 4.74 Å². The molecule has 6 nitrogen and oxygen atoms in total. The smallest absolute Gasteiger partial charge is 0.261 e. The van der Waals surface area contributed by atoms with E-state index in [0.717, 1.165) is 0 Å². The number of hydrogen-bond acceptors (Lipinski definition) is 4. The zero-order valence-corrected chi connectivity index (χ0v) is 13.3. The van der Waals surface area contributed by atoms with Crippen molar-refractivity contribution in [1.29, 1.82) is 0 Å². The molecule has 0 saturated heterocycles. The molecule has 2 heterocycles. The number of carbonyl (C=O) groups is 1. The van der Waals surface area contributed by atoms with Crippen LogP contribution in [0.4, 0.5) is 0 Å². The molecule has 0 spiro atoms. The summed E-state index contributed by atoms with van der Waals surface area (Å²) in [7, 11) is 0. The van der Waals surface area contributed by atoms with Crippen molar-refractivity contribution in [1.82, 2.24) is 15.3 Å². The van der Waals surface area contributed by atoms with Gasteiger partial charge in [0, 0.05) is 19.3 Å². The van der Waals surface area contributed by atoms with Crippen molar-refractivity contribution in [3.63, 3.8) is 0 Å². The lowest BCUT2D eigenvalue weighted by Gasteiger charge is -2.08. The van der Waals surface area contributed by atoms with Crippen molar-refractivity contribution in [2.24, 2.45) is 0 Å². The predicted octanol–water partition coefficient (Wildman–Crippen LogP) is 1.98. The van der Waals surface area contributed by atoms with Gasteiger partial charge in [0.25, 0.3) is 11.5 Å². The summed E-state index contributed by atoms with van der Waals surface area (Å²) in [5.74, 6) is -0.386. The van der Waals surface area contributed by atoms with Crippen LogP contribution in [0.5, 0.6) is 0 Å². The lowest BCUT2D eigenvalue weighted by Crippen LogP contribution is -2.30. The molecule has 0 aliphatic rings. The summed E-state index contributed by atoms with van der Waals surface area (Å²) in [4.78, 5) is 30.9. The number of hydrogen-bond donors (Lipinski definition) is 2. The van der Waals surface area contributed by atoms with Gasteiger partial charge in [0.1, 0.15) is 5.56 Å². The lowest BCUT2D eigenvalue weighted by molar-refractivity contribution is 0.0757. The highest BCUT2D eigenvalue weighted by Crippen LogP contribution is 2.11. The molecule has 0 aliphatic carbocycles. The summed E-state index contributed by atoms with van der Waals surface area (Å²) in [5.41, 5.74) is 0.901. The number of aromatic amines is 1. The first kappa shape index (κ1) is 16.9. The number of rotatable bonds is 7. The van der Waals surface area contributed by atoms with E-state index in [-0.39, 0.29) is 17.6 Å². The maximum Gasteiger partial charge on any atom is 0.261 e. The predicted molar refractivity (Wildman–Crippen MR) is 88.3 cm³/mol. The Kier molecular flexibility index (Phi) is 6.05. The summed E-state index contributed by atoms with van der Waals surface area (Å²) in [6, 6.07) is 8.62. The first-order valence-corrected chi connectivity index (χ1v) is 7.62. The minimum atomic E-state index is -0.427. The molecule has 2 rings (SSSR count). The number of nitrogens with zero attached hydrogens (tertiary/aromatic N) is 1. The third kappa shape index (κ3) is 5.03. The first-order chi connectivity index (χ1) is 11.1. The average molecular weight is 315 g/mol. The van der Waals surface area contributed by atoms with Gasteiger partial charge >= 0.3 is 0 Å². The number of carbonyl (C=O) groups excluding carboxylic acids is 1. The summed E-state index contributed by atoms with van der Waals surface area (Å²) in [6.07, 6.45) is 2.52. The largest absolute Gasteiger partial charge is 0.379 e. The number of nitrogens with one attached hydrogen (secondary N) is 2. The van der Waals surface area contributed by atoms with Gasteiger partial charge in [0.15, 0.2) is 0 Å². The molecular weight excluding hydrogens is 294 g/mol. The molecule has 0 saturated carbocycles. The van der Waals surface area contributed by atoms with E-state index in [4.69, 9.17) is 4.74 Å². The van der Waals surface area contributed by atoms with E-state index in [9.17, 15) is 9.59 Å². The third-order valence-corrected chi connectivity index (χ3v) is 3.15. The van der Waals surface area contributed by atoms with E-state index >= 15 is 0 Å². The molecule has 0 unspecified atom stereocenters. The van der Waals surface area contributed by atoms with Crippen LogP contribution in [0.25, 0.3) is 11.4 Å². The van der Waals surface area contributed by atoms with Gasteiger partial charge in [-0.25, -0.2) is 0 Å². The quantitative estimate of drug-likeness (QED) is 0.765. The first-order valence-electron chi connectivity index (χ1n) is 7.62. The minimum absolute atomic E-state index is 0.0921. The zero-order chi connectivity index (χ0) is 16.7. The monoisotopic (exact) mass is 315 g/mol. The Hall–Kier alpha value is -2.47. The molecule has 6 heteroatoms. The second-order valence-electron chi connectivity index (χ2n) is 5.36. The Balaban J connectivity index is 1.95. The van der Waals surface area contributed by atoms with E-state index < -0.39 is 5.56 Å². The van der Waals surface area contributed by atoms with Crippen LogP contribution in [0.2, 0.25) is 0 Å². The highest BCUT2D eigenvalue weighted by molar-refractivity contribution is 5.94. The van der Waals surface area contributed by atoms with Crippen LogP contribution in [0, 0.1) is 0 Å². The van der Waals surface area contributed by atoms with Gasteiger partial charge in [-0.15, -0.1) is 0 Å². The summed E-state index contributed by atoms with van der Waals surface area (Å²) in [6.45, 7) is 4.96. The summed E-state index contributed by atoms with van der Waals surface area (Å²) >= 11 is 0. The van der Waals surface area contributed by atoms with Crippen molar-refractivity contribution < 1.29 is 9.53 Å². The van der Waals surface area contributed by atoms with Crippen LogP contribution in [0.3, 0.4) is 0 Å². The van der Waals surface area contributed by atoms with Crippen LogP contribution < -0.4 is 10.9 Å². The Labute approximate surface area is 134 Å². The number of pyridine rings is 2. The summed E-state index contributed by atoms with van der Waals surface area (Å²) < 4.78 is 5.39. The molecule has 2 aromatic rings. The summed E-state index contributed by atoms with van der Waals surface area (Å²) in [5, 5.41) is 2.72. The fourth-order valence-corrected chi connectivity index (χ4v) is 2.01. The third-order valence-electron chi connectivity index (χ3n) is 3.15. The fourth-order valence-electron chi connectivity index (χ4n) is 2.01. The Morgan fingerprint density at radius 1 is 1.30 bits per heavy atom. The van der Waals surface area contributed by atoms with Gasteiger partial charge in [0.05, 0.1) is 17.5 Å². The Morgan fingerprint density at radius 3 is 2.78 bits per heavy atom. The van der Waals surface area contributed by atoms with Crippen molar-refractivity contribution in [3.05, 3.63) is 52.4 Å². The highest BCUT2D eigenvalue weighted by atomic mass is 16.5. The molecule has 23 heavy (non-hydrogen) atoms. The van der Waals surface area contributed by atoms with E-state index in [1.807, 2.05) is 19.9 Å². The zero-order valence-electron chi connectivity index (χ0n) is 13.3. The highest BCUT2D eigenvalue weighted by Gasteiger charge is 2.11. The molecule has 2 N–H and O–H groups in total. The molecule has 0 fully saturated rings. The van der Waals surface area contributed by atoms with E-state index in [0.29, 0.717) is 31.0 Å². The maximum absolute atomic E-state index is 12.1. The topological polar surface area (TPSA) is 84.1 Å². The van der Waals surface area contributed by atoms with Gasteiger partial charge in [-0.3, -0.25) is 14.6 Å². The lowest BCUT2D eigenvalue weighted by atomic mass is 10.2. The second kappa shape index (κ2) is 8.24.